The van der Waals surface area contributed by atoms with E-state index in [0.29, 0.717) is 32.6 Å². The minimum Gasteiger partial charge on any atom is -0.348 e. The molecule has 2 heterocycles. The van der Waals surface area contributed by atoms with Gasteiger partial charge in [-0.1, -0.05) is 13.3 Å². The number of carbonyl (C=O) groups is 2. The average Bonchev–Trinajstić information content (AvgIpc) is 2.94. The van der Waals surface area contributed by atoms with E-state index < -0.39 is 5.79 Å². The Hall–Kier alpha value is -0.940. The molecular formula is C14H21NO4. The molecule has 1 aliphatic carbocycles. The first kappa shape index (κ1) is 13.1. The Morgan fingerprint density at radius 3 is 2.58 bits per heavy atom. The largest absolute Gasteiger partial charge is 0.348 e. The first-order valence-electron chi connectivity index (χ1n) is 7.30. The van der Waals surface area contributed by atoms with Crippen LogP contribution in [0.1, 0.15) is 39.0 Å². The molecule has 3 fully saturated rings. The van der Waals surface area contributed by atoms with Crippen molar-refractivity contribution in [2.75, 3.05) is 19.8 Å². The second kappa shape index (κ2) is 4.87. The number of likely N-dealkylation sites (tertiary alicyclic amines) is 1. The van der Waals surface area contributed by atoms with Gasteiger partial charge >= 0.3 is 0 Å². The topological polar surface area (TPSA) is 55.8 Å². The smallest absolute Gasteiger partial charge is 0.233 e. The molecule has 2 aliphatic heterocycles. The Morgan fingerprint density at radius 2 is 1.89 bits per heavy atom. The molecular weight excluding hydrogens is 246 g/mol. The first-order chi connectivity index (χ1) is 9.17. The van der Waals surface area contributed by atoms with Crippen molar-refractivity contribution in [2.45, 2.75) is 44.8 Å². The normalized spacial score (nSPS) is 33.2. The second-order valence-electron chi connectivity index (χ2n) is 5.75. The quantitative estimate of drug-likeness (QED) is 0.724. The highest BCUT2D eigenvalue weighted by Gasteiger charge is 2.55. The summed E-state index contributed by atoms with van der Waals surface area (Å²) in [4.78, 5) is 26.1. The van der Waals surface area contributed by atoms with Crippen LogP contribution in [-0.2, 0) is 19.1 Å². The lowest BCUT2D eigenvalue weighted by atomic mass is 9.77. The molecule has 3 aliphatic rings. The van der Waals surface area contributed by atoms with E-state index in [2.05, 4.69) is 6.92 Å². The van der Waals surface area contributed by atoms with Crippen molar-refractivity contribution in [3.8, 4) is 0 Å². The molecule has 0 aromatic carbocycles. The summed E-state index contributed by atoms with van der Waals surface area (Å²) >= 11 is 0. The molecule has 5 nitrogen and oxygen atoms in total. The van der Waals surface area contributed by atoms with Gasteiger partial charge in [-0.3, -0.25) is 14.5 Å². The molecule has 2 atom stereocenters. The van der Waals surface area contributed by atoms with E-state index in [-0.39, 0.29) is 23.7 Å². The lowest BCUT2D eigenvalue weighted by Crippen LogP contribution is -2.41. The molecule has 0 unspecified atom stereocenters. The van der Waals surface area contributed by atoms with E-state index >= 15 is 0 Å². The molecule has 0 N–H and O–H groups in total. The third-order valence-electron chi connectivity index (χ3n) is 4.57. The molecule has 0 radical (unpaired) electrons. The lowest BCUT2D eigenvalue weighted by Gasteiger charge is -2.35. The monoisotopic (exact) mass is 267 g/mol. The molecule has 106 valence electrons. The van der Waals surface area contributed by atoms with Crippen LogP contribution in [-0.4, -0.2) is 42.3 Å². The fourth-order valence-electron chi connectivity index (χ4n) is 3.52. The lowest BCUT2D eigenvalue weighted by molar-refractivity contribution is -0.193. The SMILES string of the molecule is CCCCN1C(=O)[C@H]2CCC3(C[C@@H]2C1=O)OCCO3. The molecule has 2 amide bonds. The highest BCUT2D eigenvalue weighted by Crippen LogP contribution is 2.45. The number of hydrogen-bond donors (Lipinski definition) is 0. The zero-order valence-corrected chi connectivity index (χ0v) is 11.4. The Balaban J connectivity index is 1.74. The van der Waals surface area contributed by atoms with Crippen molar-refractivity contribution < 1.29 is 19.1 Å². The highest BCUT2D eigenvalue weighted by atomic mass is 16.7. The molecule has 0 aromatic rings. The summed E-state index contributed by atoms with van der Waals surface area (Å²) in [5, 5.41) is 0. The van der Waals surface area contributed by atoms with Gasteiger partial charge in [0.2, 0.25) is 11.8 Å². The number of imide groups is 1. The van der Waals surface area contributed by atoms with Gasteiger partial charge in [0, 0.05) is 19.4 Å². The maximum absolute atomic E-state index is 12.4. The predicted molar refractivity (Wildman–Crippen MR) is 67.1 cm³/mol. The summed E-state index contributed by atoms with van der Waals surface area (Å²) in [6.45, 7) is 3.82. The summed E-state index contributed by atoms with van der Waals surface area (Å²) in [7, 11) is 0. The van der Waals surface area contributed by atoms with E-state index in [9.17, 15) is 9.59 Å². The summed E-state index contributed by atoms with van der Waals surface area (Å²) in [5.41, 5.74) is 0. The number of ether oxygens (including phenoxy) is 2. The van der Waals surface area contributed by atoms with Gasteiger partial charge in [-0.05, 0) is 12.8 Å². The standard InChI is InChI=1S/C14H21NO4/c1-2-3-6-15-12(16)10-4-5-14(18-7-8-19-14)9-11(10)13(15)17/h10-11H,2-9H2,1H3/t10-,11-/m0/s1. The van der Waals surface area contributed by atoms with Crippen LogP contribution in [0, 0.1) is 11.8 Å². The molecule has 1 saturated carbocycles. The van der Waals surface area contributed by atoms with Crippen molar-refractivity contribution in [1.82, 2.24) is 4.90 Å². The summed E-state index contributed by atoms with van der Waals surface area (Å²) in [6, 6.07) is 0. The van der Waals surface area contributed by atoms with Crippen molar-refractivity contribution in [2.24, 2.45) is 11.8 Å². The maximum atomic E-state index is 12.4. The molecule has 0 bridgehead atoms. The number of fused-ring (bicyclic) bond motifs is 1. The third-order valence-corrected chi connectivity index (χ3v) is 4.57. The van der Waals surface area contributed by atoms with Gasteiger partial charge < -0.3 is 9.47 Å². The zero-order valence-electron chi connectivity index (χ0n) is 11.4. The summed E-state index contributed by atoms with van der Waals surface area (Å²) < 4.78 is 11.4. The first-order valence-corrected chi connectivity index (χ1v) is 7.30. The van der Waals surface area contributed by atoms with E-state index in [1.165, 1.54) is 4.90 Å². The minimum atomic E-state index is -0.585. The Morgan fingerprint density at radius 1 is 1.21 bits per heavy atom. The summed E-state index contributed by atoms with van der Waals surface area (Å²) in [6.07, 6.45) is 3.86. The highest BCUT2D eigenvalue weighted by molar-refractivity contribution is 6.05. The predicted octanol–water partition coefficient (Wildman–Crippen LogP) is 1.31. The Bertz CT molecular complexity index is 389. The van der Waals surface area contributed by atoms with Crippen LogP contribution < -0.4 is 0 Å². The fraction of sp³-hybridized carbons (Fsp3) is 0.857. The Kier molecular flexibility index (Phi) is 3.35. The van der Waals surface area contributed by atoms with E-state index in [1.807, 2.05) is 0 Å². The van der Waals surface area contributed by atoms with Crippen LogP contribution in [0.4, 0.5) is 0 Å². The van der Waals surface area contributed by atoms with Crippen LogP contribution in [0.2, 0.25) is 0 Å². The third kappa shape index (κ3) is 2.09. The number of unbranched alkanes of at least 4 members (excludes halogenated alkanes) is 1. The number of nitrogens with zero attached hydrogens (tertiary/aromatic N) is 1. The second-order valence-corrected chi connectivity index (χ2v) is 5.75. The zero-order chi connectivity index (χ0) is 13.5. The Labute approximate surface area is 113 Å². The molecule has 0 aromatic heterocycles. The van der Waals surface area contributed by atoms with E-state index in [4.69, 9.17) is 9.47 Å². The van der Waals surface area contributed by atoms with Gasteiger partial charge in [0.15, 0.2) is 5.79 Å². The van der Waals surface area contributed by atoms with Crippen LogP contribution in [0.15, 0.2) is 0 Å². The van der Waals surface area contributed by atoms with Crippen LogP contribution in [0.3, 0.4) is 0 Å². The number of amides is 2. The number of carbonyl (C=O) groups excluding carboxylic acids is 2. The fourth-order valence-corrected chi connectivity index (χ4v) is 3.52. The van der Waals surface area contributed by atoms with Crippen molar-refractivity contribution >= 4 is 11.8 Å². The molecule has 2 saturated heterocycles. The molecule has 5 heteroatoms. The van der Waals surface area contributed by atoms with Crippen molar-refractivity contribution in [1.29, 1.82) is 0 Å². The van der Waals surface area contributed by atoms with Gasteiger partial charge in [-0.25, -0.2) is 0 Å². The van der Waals surface area contributed by atoms with Gasteiger partial charge in [-0.2, -0.15) is 0 Å². The number of rotatable bonds is 3. The molecule has 1 spiro atoms. The van der Waals surface area contributed by atoms with Gasteiger partial charge in [-0.15, -0.1) is 0 Å². The minimum absolute atomic E-state index is 0.0124. The number of hydrogen-bond acceptors (Lipinski definition) is 4. The van der Waals surface area contributed by atoms with Gasteiger partial charge in [0.1, 0.15) is 0 Å². The molecule has 19 heavy (non-hydrogen) atoms. The van der Waals surface area contributed by atoms with Crippen LogP contribution >= 0.6 is 0 Å². The van der Waals surface area contributed by atoms with E-state index in [1.54, 1.807) is 0 Å². The average molecular weight is 267 g/mol. The maximum Gasteiger partial charge on any atom is 0.233 e. The van der Waals surface area contributed by atoms with Crippen LogP contribution in [0.5, 0.6) is 0 Å². The van der Waals surface area contributed by atoms with Gasteiger partial charge in [0.05, 0.1) is 25.0 Å². The van der Waals surface area contributed by atoms with E-state index in [0.717, 1.165) is 19.3 Å². The molecule has 3 rings (SSSR count). The summed E-state index contributed by atoms with van der Waals surface area (Å²) in [5.74, 6) is -0.936. The van der Waals surface area contributed by atoms with Gasteiger partial charge in [0.25, 0.3) is 0 Å². The van der Waals surface area contributed by atoms with Crippen LogP contribution in [0.25, 0.3) is 0 Å². The van der Waals surface area contributed by atoms with Crippen molar-refractivity contribution in [3.63, 3.8) is 0 Å². The van der Waals surface area contributed by atoms with Crippen molar-refractivity contribution in [3.05, 3.63) is 0 Å².